The number of hydrogen-bond donors (Lipinski definition) is 3. The Morgan fingerprint density at radius 1 is 1.36 bits per heavy atom. The number of aromatic nitrogens is 1. The number of thiazole rings is 1. The van der Waals surface area contributed by atoms with Gasteiger partial charge >= 0.3 is 6.03 Å². The third kappa shape index (κ3) is 4.22. The number of rotatable bonds is 5. The minimum absolute atomic E-state index is 0.293. The van der Waals surface area contributed by atoms with Crippen molar-refractivity contribution in [3.8, 4) is 0 Å². The van der Waals surface area contributed by atoms with Gasteiger partial charge in [-0.1, -0.05) is 6.07 Å². The second-order valence-electron chi connectivity index (χ2n) is 4.56. The lowest BCUT2D eigenvalue weighted by molar-refractivity contribution is 0.164. The van der Waals surface area contributed by atoms with Gasteiger partial charge in [-0.2, -0.15) is 0 Å². The molecule has 1 unspecified atom stereocenters. The van der Waals surface area contributed by atoms with Crippen LogP contribution in [0.15, 0.2) is 24.4 Å². The molecule has 8 heteroatoms. The third-order valence-corrected chi connectivity index (χ3v) is 3.79. The van der Waals surface area contributed by atoms with Crippen LogP contribution in [-0.2, 0) is 6.54 Å². The molecule has 2 aromatic rings. The molecular weight excluding hydrogens is 312 g/mol. The molecule has 1 heterocycles. The van der Waals surface area contributed by atoms with E-state index in [-0.39, 0.29) is 6.54 Å². The van der Waals surface area contributed by atoms with Crippen molar-refractivity contribution in [2.75, 3.05) is 6.54 Å². The molecule has 0 saturated heterocycles. The molecule has 1 atom stereocenters. The van der Waals surface area contributed by atoms with Crippen molar-refractivity contribution in [2.24, 2.45) is 0 Å². The highest BCUT2D eigenvalue weighted by Gasteiger charge is 2.18. The van der Waals surface area contributed by atoms with Crippen LogP contribution in [0, 0.1) is 18.6 Å². The molecule has 0 bridgehead atoms. The van der Waals surface area contributed by atoms with Crippen LogP contribution in [0.25, 0.3) is 0 Å². The zero-order valence-electron chi connectivity index (χ0n) is 11.8. The first-order valence-corrected chi connectivity index (χ1v) is 7.34. The molecule has 2 amide bonds. The molecule has 118 valence electrons. The van der Waals surface area contributed by atoms with Gasteiger partial charge in [0.25, 0.3) is 0 Å². The zero-order chi connectivity index (χ0) is 16.1. The highest BCUT2D eigenvalue weighted by atomic mass is 32.1. The van der Waals surface area contributed by atoms with Gasteiger partial charge in [-0.15, -0.1) is 11.3 Å². The number of halogens is 2. The molecular formula is C14H15F2N3O2S. The maximum absolute atomic E-state index is 13.5. The lowest BCUT2D eigenvalue weighted by atomic mass is 10.1. The summed E-state index contributed by atoms with van der Waals surface area (Å²) in [7, 11) is 0. The molecule has 22 heavy (non-hydrogen) atoms. The van der Waals surface area contributed by atoms with Gasteiger partial charge in [0.15, 0.2) is 0 Å². The Morgan fingerprint density at radius 3 is 2.64 bits per heavy atom. The number of nitrogens with one attached hydrogen (secondary N) is 2. The maximum atomic E-state index is 13.5. The molecule has 0 fully saturated rings. The first-order valence-electron chi connectivity index (χ1n) is 6.52. The summed E-state index contributed by atoms with van der Waals surface area (Å²) in [5.41, 5.74) is -0.458. The minimum atomic E-state index is -1.46. The Labute approximate surface area is 130 Å². The molecule has 5 nitrogen and oxygen atoms in total. The number of carbonyl (C=O) groups is 1. The molecule has 0 aliphatic carbocycles. The van der Waals surface area contributed by atoms with Crippen molar-refractivity contribution in [1.29, 1.82) is 0 Å². The molecule has 1 aromatic heterocycles. The predicted molar refractivity (Wildman–Crippen MR) is 78.4 cm³/mol. The number of aliphatic hydroxyl groups is 1. The first-order chi connectivity index (χ1) is 10.5. The Bertz CT molecular complexity index is 643. The van der Waals surface area contributed by atoms with E-state index in [0.29, 0.717) is 6.54 Å². The SMILES string of the molecule is Cc1ncc(CNC(=O)NCC(O)c2c(F)cccc2F)s1. The van der Waals surface area contributed by atoms with Crippen molar-refractivity contribution in [1.82, 2.24) is 15.6 Å². The molecule has 0 radical (unpaired) electrons. The minimum Gasteiger partial charge on any atom is -0.386 e. The van der Waals surface area contributed by atoms with Crippen LogP contribution in [0.2, 0.25) is 0 Å². The molecule has 1 aromatic carbocycles. The van der Waals surface area contributed by atoms with Gasteiger partial charge in [0.1, 0.15) is 17.7 Å². The van der Waals surface area contributed by atoms with E-state index >= 15 is 0 Å². The summed E-state index contributed by atoms with van der Waals surface area (Å²) in [5, 5.41) is 15.6. The van der Waals surface area contributed by atoms with E-state index in [1.54, 1.807) is 6.20 Å². The van der Waals surface area contributed by atoms with Crippen molar-refractivity contribution in [2.45, 2.75) is 19.6 Å². The van der Waals surface area contributed by atoms with Crippen molar-refractivity contribution in [3.63, 3.8) is 0 Å². The third-order valence-electron chi connectivity index (χ3n) is 2.88. The van der Waals surface area contributed by atoms with Crippen LogP contribution < -0.4 is 10.6 Å². The molecule has 0 aliphatic rings. The lowest BCUT2D eigenvalue weighted by Crippen LogP contribution is -2.37. The van der Waals surface area contributed by atoms with E-state index < -0.39 is 29.3 Å². The largest absolute Gasteiger partial charge is 0.386 e. The van der Waals surface area contributed by atoms with E-state index in [4.69, 9.17) is 0 Å². The Kier molecular flexibility index (Phi) is 5.40. The Morgan fingerprint density at radius 2 is 2.05 bits per heavy atom. The number of aryl methyl sites for hydroxylation is 1. The second kappa shape index (κ2) is 7.28. The van der Waals surface area contributed by atoms with E-state index in [9.17, 15) is 18.7 Å². The maximum Gasteiger partial charge on any atom is 0.315 e. The second-order valence-corrected chi connectivity index (χ2v) is 5.88. The van der Waals surface area contributed by atoms with E-state index in [2.05, 4.69) is 15.6 Å². The van der Waals surface area contributed by atoms with Crippen LogP contribution in [-0.4, -0.2) is 22.7 Å². The number of amides is 2. The summed E-state index contributed by atoms with van der Waals surface area (Å²) in [5.74, 6) is -1.70. The van der Waals surface area contributed by atoms with Crippen LogP contribution in [0.4, 0.5) is 13.6 Å². The summed E-state index contributed by atoms with van der Waals surface area (Å²) < 4.78 is 26.9. The highest BCUT2D eigenvalue weighted by Crippen LogP contribution is 2.19. The van der Waals surface area contributed by atoms with Gasteiger partial charge in [-0.3, -0.25) is 0 Å². The lowest BCUT2D eigenvalue weighted by Gasteiger charge is -2.14. The van der Waals surface area contributed by atoms with Gasteiger partial charge in [0, 0.05) is 17.6 Å². The van der Waals surface area contributed by atoms with Gasteiger partial charge in [0.2, 0.25) is 0 Å². The van der Waals surface area contributed by atoms with Crippen LogP contribution in [0.1, 0.15) is 21.6 Å². The average molecular weight is 327 g/mol. The number of hydrogen-bond acceptors (Lipinski definition) is 4. The smallest absolute Gasteiger partial charge is 0.315 e. The fraction of sp³-hybridized carbons (Fsp3) is 0.286. The summed E-state index contributed by atoms with van der Waals surface area (Å²) in [6.45, 7) is 1.85. The van der Waals surface area contributed by atoms with Crippen LogP contribution in [0.3, 0.4) is 0 Å². The number of nitrogens with zero attached hydrogens (tertiary/aromatic N) is 1. The molecule has 0 spiro atoms. The molecule has 3 N–H and O–H groups in total. The fourth-order valence-corrected chi connectivity index (χ4v) is 2.57. The fourth-order valence-electron chi connectivity index (χ4n) is 1.84. The summed E-state index contributed by atoms with van der Waals surface area (Å²) in [6, 6.07) is 2.77. The van der Waals surface area contributed by atoms with Gasteiger partial charge in [-0.25, -0.2) is 18.6 Å². The number of carbonyl (C=O) groups excluding carboxylic acids is 1. The van der Waals surface area contributed by atoms with Gasteiger partial charge in [-0.05, 0) is 19.1 Å². The number of urea groups is 1. The van der Waals surface area contributed by atoms with Crippen molar-refractivity contribution in [3.05, 3.63) is 51.5 Å². The standard InChI is InChI=1S/C14H15F2N3O2S/c1-8-17-5-9(22-8)6-18-14(21)19-7-12(20)13-10(15)3-2-4-11(13)16/h2-5,12,20H,6-7H2,1H3,(H2,18,19,21). The highest BCUT2D eigenvalue weighted by molar-refractivity contribution is 7.11. The van der Waals surface area contributed by atoms with Crippen LogP contribution in [0.5, 0.6) is 0 Å². The predicted octanol–water partition coefficient (Wildman–Crippen LogP) is 2.26. The van der Waals surface area contributed by atoms with E-state index in [1.165, 1.54) is 17.4 Å². The molecule has 0 saturated carbocycles. The monoisotopic (exact) mass is 327 g/mol. The van der Waals surface area contributed by atoms with Crippen LogP contribution >= 0.6 is 11.3 Å². The Hall–Kier alpha value is -2.06. The first kappa shape index (κ1) is 16.3. The Balaban J connectivity index is 1.83. The summed E-state index contributed by atoms with van der Waals surface area (Å²) >= 11 is 1.45. The van der Waals surface area contributed by atoms with Crippen molar-refractivity contribution < 1.29 is 18.7 Å². The average Bonchev–Trinajstić information content (AvgIpc) is 2.88. The summed E-state index contributed by atoms with van der Waals surface area (Å²) in [6.07, 6.45) is 0.196. The normalized spacial score (nSPS) is 12.0. The summed E-state index contributed by atoms with van der Waals surface area (Å²) in [4.78, 5) is 16.5. The zero-order valence-corrected chi connectivity index (χ0v) is 12.6. The van der Waals surface area contributed by atoms with E-state index in [0.717, 1.165) is 22.0 Å². The quantitative estimate of drug-likeness (QED) is 0.789. The van der Waals surface area contributed by atoms with Gasteiger partial charge < -0.3 is 15.7 Å². The molecule has 2 rings (SSSR count). The molecule has 0 aliphatic heterocycles. The number of aliphatic hydroxyl groups excluding tert-OH is 1. The van der Waals surface area contributed by atoms with Gasteiger partial charge in [0.05, 0.1) is 17.1 Å². The van der Waals surface area contributed by atoms with Crippen molar-refractivity contribution >= 4 is 17.4 Å². The van der Waals surface area contributed by atoms with E-state index in [1.807, 2.05) is 6.92 Å². The number of benzene rings is 1. The topological polar surface area (TPSA) is 74.2 Å².